The Kier molecular flexibility index (Phi) is 7.89. The number of urea groups is 1. The zero-order valence-corrected chi connectivity index (χ0v) is 20.5. The smallest absolute Gasteiger partial charge is 0.317 e. The first-order valence-electron chi connectivity index (χ1n) is 11.5. The van der Waals surface area contributed by atoms with E-state index in [1.165, 1.54) is 5.56 Å². The summed E-state index contributed by atoms with van der Waals surface area (Å²) in [5.74, 6) is 1.33. The summed E-state index contributed by atoms with van der Waals surface area (Å²) in [4.78, 5) is 16.7. The van der Waals surface area contributed by atoms with Gasteiger partial charge in [-0.2, -0.15) is 0 Å². The Morgan fingerprint density at radius 3 is 2.03 bits per heavy atom. The van der Waals surface area contributed by atoms with Crippen molar-refractivity contribution >= 4 is 21.7 Å². The molecular formula is C26H30N4O4S. The van der Waals surface area contributed by atoms with Gasteiger partial charge in [-0.1, -0.05) is 42.5 Å². The van der Waals surface area contributed by atoms with Crippen molar-refractivity contribution in [2.24, 2.45) is 0 Å². The van der Waals surface area contributed by atoms with E-state index < -0.39 is 10.0 Å². The maximum absolute atomic E-state index is 12.5. The molecule has 4 rings (SSSR count). The molecule has 0 saturated carbocycles. The second kappa shape index (κ2) is 11.2. The molecule has 3 aromatic rings. The van der Waals surface area contributed by atoms with E-state index in [-0.39, 0.29) is 6.03 Å². The number of benzene rings is 3. The number of carbonyl (C=O) groups excluding carboxylic acids is 1. The van der Waals surface area contributed by atoms with Crippen molar-refractivity contribution in [3.8, 4) is 11.5 Å². The van der Waals surface area contributed by atoms with Crippen molar-refractivity contribution in [3.05, 3.63) is 90.0 Å². The molecule has 0 aliphatic carbocycles. The monoisotopic (exact) mass is 494 g/mol. The Balaban J connectivity index is 1.21. The molecule has 1 saturated heterocycles. The van der Waals surface area contributed by atoms with Gasteiger partial charge in [-0.15, -0.1) is 0 Å². The fourth-order valence-corrected chi connectivity index (χ4v) is 4.42. The molecule has 0 radical (unpaired) electrons. The number of nitrogens with one attached hydrogen (secondary N) is 2. The predicted octanol–water partition coefficient (Wildman–Crippen LogP) is 3.88. The van der Waals surface area contributed by atoms with Crippen LogP contribution in [-0.4, -0.2) is 56.7 Å². The van der Waals surface area contributed by atoms with Gasteiger partial charge in [-0.25, -0.2) is 13.2 Å². The van der Waals surface area contributed by atoms with Gasteiger partial charge < -0.3 is 15.0 Å². The first-order chi connectivity index (χ1) is 16.8. The number of rotatable bonds is 8. The Morgan fingerprint density at radius 1 is 0.829 bits per heavy atom. The van der Waals surface area contributed by atoms with Crippen LogP contribution in [0.5, 0.6) is 11.5 Å². The fraction of sp³-hybridized carbons (Fsp3) is 0.269. The summed E-state index contributed by atoms with van der Waals surface area (Å²) in [7, 11) is -3.30. The van der Waals surface area contributed by atoms with Gasteiger partial charge in [0.1, 0.15) is 11.5 Å². The molecule has 1 aliphatic heterocycles. The third-order valence-electron chi connectivity index (χ3n) is 5.67. The largest absolute Gasteiger partial charge is 0.457 e. The highest BCUT2D eigenvalue weighted by Crippen LogP contribution is 2.24. The number of nitrogens with zero attached hydrogens (tertiary/aromatic N) is 2. The number of anilines is 1. The Hall–Kier alpha value is -3.56. The van der Waals surface area contributed by atoms with E-state index in [2.05, 4.69) is 14.9 Å². The number of ether oxygens (including phenoxy) is 1. The van der Waals surface area contributed by atoms with Crippen LogP contribution in [-0.2, 0) is 23.1 Å². The van der Waals surface area contributed by atoms with E-state index >= 15 is 0 Å². The van der Waals surface area contributed by atoms with Crippen LogP contribution in [0.2, 0.25) is 0 Å². The van der Waals surface area contributed by atoms with Crippen molar-refractivity contribution < 1.29 is 17.9 Å². The first-order valence-corrected chi connectivity index (χ1v) is 13.4. The molecule has 0 unspecified atom stereocenters. The van der Waals surface area contributed by atoms with Gasteiger partial charge in [0, 0.05) is 45.0 Å². The number of hydrogen-bond donors (Lipinski definition) is 2. The molecule has 8 nitrogen and oxygen atoms in total. The lowest BCUT2D eigenvalue weighted by molar-refractivity contribution is 0.135. The highest BCUT2D eigenvalue weighted by atomic mass is 32.2. The topological polar surface area (TPSA) is 91.0 Å². The summed E-state index contributed by atoms with van der Waals surface area (Å²) in [6.07, 6.45) is 1.11. The van der Waals surface area contributed by atoms with E-state index in [1.807, 2.05) is 59.5 Å². The maximum atomic E-state index is 12.5. The van der Waals surface area contributed by atoms with Crippen LogP contribution in [0, 0.1) is 0 Å². The summed E-state index contributed by atoms with van der Waals surface area (Å²) < 4.78 is 30.9. The number of carbonyl (C=O) groups is 1. The predicted molar refractivity (Wildman–Crippen MR) is 137 cm³/mol. The molecule has 9 heteroatoms. The summed E-state index contributed by atoms with van der Waals surface area (Å²) in [6.45, 7) is 4.40. The first kappa shape index (κ1) is 24.6. The Labute approximate surface area is 206 Å². The normalized spacial score (nSPS) is 14.4. The lowest BCUT2D eigenvalue weighted by Gasteiger charge is -2.34. The van der Waals surface area contributed by atoms with Crippen LogP contribution in [0.3, 0.4) is 0 Å². The van der Waals surface area contributed by atoms with Gasteiger partial charge in [0.2, 0.25) is 10.0 Å². The van der Waals surface area contributed by atoms with Crippen molar-refractivity contribution in [2.75, 3.05) is 37.2 Å². The van der Waals surface area contributed by atoms with Crippen LogP contribution in [0.15, 0.2) is 78.9 Å². The summed E-state index contributed by atoms with van der Waals surface area (Å²) in [6, 6.07) is 24.6. The van der Waals surface area contributed by atoms with Crippen LogP contribution in [0.25, 0.3) is 0 Å². The van der Waals surface area contributed by atoms with E-state index in [9.17, 15) is 13.2 Å². The standard InChI is InChI=1S/C26H30N4O4S/c1-35(32,33)28-23-9-13-25(14-10-23)34-24-11-7-22(8-12-24)20-29-15-17-30(18-16-29)26(31)27-19-21-5-3-2-4-6-21/h2-14,28H,15-20H2,1H3,(H,27,31). The van der Waals surface area contributed by atoms with Gasteiger partial charge in [-0.3, -0.25) is 9.62 Å². The third kappa shape index (κ3) is 7.73. The molecule has 2 amide bonds. The molecule has 1 aliphatic rings. The van der Waals surface area contributed by atoms with Gasteiger partial charge in [-0.05, 0) is 47.5 Å². The molecule has 0 bridgehead atoms. The molecule has 2 N–H and O–H groups in total. The number of amides is 2. The van der Waals surface area contributed by atoms with E-state index in [0.717, 1.165) is 31.5 Å². The third-order valence-corrected chi connectivity index (χ3v) is 6.28. The SMILES string of the molecule is CS(=O)(=O)Nc1ccc(Oc2ccc(CN3CCN(C(=O)NCc4ccccc4)CC3)cc2)cc1. The summed E-state index contributed by atoms with van der Waals surface area (Å²) >= 11 is 0. The molecule has 0 aromatic heterocycles. The molecule has 0 spiro atoms. The lowest BCUT2D eigenvalue weighted by atomic mass is 10.2. The van der Waals surface area contributed by atoms with Crippen LogP contribution >= 0.6 is 0 Å². The van der Waals surface area contributed by atoms with Crippen molar-refractivity contribution in [2.45, 2.75) is 13.1 Å². The molecule has 3 aromatic carbocycles. The Morgan fingerprint density at radius 2 is 1.43 bits per heavy atom. The van der Waals surface area contributed by atoms with Crippen LogP contribution in [0.4, 0.5) is 10.5 Å². The minimum Gasteiger partial charge on any atom is -0.457 e. The van der Waals surface area contributed by atoms with Crippen molar-refractivity contribution in [1.29, 1.82) is 0 Å². The molecule has 0 atom stereocenters. The molecular weight excluding hydrogens is 464 g/mol. The number of piperazine rings is 1. The second-order valence-electron chi connectivity index (χ2n) is 8.55. The zero-order valence-electron chi connectivity index (χ0n) is 19.7. The zero-order chi connectivity index (χ0) is 24.7. The Bertz CT molecular complexity index is 1210. The van der Waals surface area contributed by atoms with Crippen molar-refractivity contribution in [1.82, 2.24) is 15.1 Å². The minimum absolute atomic E-state index is 0.0184. The van der Waals surface area contributed by atoms with E-state index in [1.54, 1.807) is 24.3 Å². The highest BCUT2D eigenvalue weighted by molar-refractivity contribution is 7.92. The lowest BCUT2D eigenvalue weighted by Crippen LogP contribution is -2.51. The molecule has 35 heavy (non-hydrogen) atoms. The van der Waals surface area contributed by atoms with Crippen molar-refractivity contribution in [3.63, 3.8) is 0 Å². The highest BCUT2D eigenvalue weighted by Gasteiger charge is 2.20. The van der Waals surface area contributed by atoms with Gasteiger partial charge in [0.15, 0.2) is 0 Å². The van der Waals surface area contributed by atoms with Crippen LogP contribution < -0.4 is 14.8 Å². The van der Waals surface area contributed by atoms with Gasteiger partial charge in [0.05, 0.1) is 6.26 Å². The van der Waals surface area contributed by atoms with Gasteiger partial charge >= 0.3 is 6.03 Å². The molecule has 184 valence electrons. The number of sulfonamides is 1. The average molecular weight is 495 g/mol. The minimum atomic E-state index is -3.30. The second-order valence-corrected chi connectivity index (χ2v) is 10.3. The summed E-state index contributed by atoms with van der Waals surface area (Å²) in [5, 5.41) is 3.00. The number of hydrogen-bond acceptors (Lipinski definition) is 5. The van der Waals surface area contributed by atoms with Crippen LogP contribution in [0.1, 0.15) is 11.1 Å². The van der Waals surface area contributed by atoms with E-state index in [0.29, 0.717) is 36.8 Å². The van der Waals surface area contributed by atoms with E-state index in [4.69, 9.17) is 4.74 Å². The molecule has 1 heterocycles. The van der Waals surface area contributed by atoms with Gasteiger partial charge in [0.25, 0.3) is 0 Å². The summed E-state index contributed by atoms with van der Waals surface area (Å²) in [5.41, 5.74) is 2.75. The quantitative estimate of drug-likeness (QED) is 0.496. The molecule has 1 fully saturated rings. The fourth-order valence-electron chi connectivity index (χ4n) is 3.86. The maximum Gasteiger partial charge on any atom is 0.317 e. The average Bonchev–Trinajstić information content (AvgIpc) is 2.85.